The summed E-state index contributed by atoms with van der Waals surface area (Å²) in [7, 11) is 1.64. The molecule has 0 bridgehead atoms. The summed E-state index contributed by atoms with van der Waals surface area (Å²) in [4.78, 5) is 20.2. The van der Waals surface area contributed by atoms with Crippen molar-refractivity contribution in [1.29, 1.82) is 0 Å². The van der Waals surface area contributed by atoms with E-state index in [1.807, 2.05) is 42.5 Å². The summed E-state index contributed by atoms with van der Waals surface area (Å²) >= 11 is 0. The summed E-state index contributed by atoms with van der Waals surface area (Å²) in [6.07, 6.45) is 7.28. The first-order chi connectivity index (χ1) is 26.6. The van der Waals surface area contributed by atoms with Crippen LogP contribution in [-0.4, -0.2) is 80.7 Å². The van der Waals surface area contributed by atoms with Crippen molar-refractivity contribution < 1.29 is 33.0 Å². The van der Waals surface area contributed by atoms with Crippen LogP contribution < -0.4 is 24.3 Å². The fraction of sp³-hybridized carbons (Fsp3) is 0.419. The number of nitrogens with one attached hydrogen (secondary N) is 1. The van der Waals surface area contributed by atoms with Gasteiger partial charge in [0, 0.05) is 54.3 Å². The third-order valence-electron chi connectivity index (χ3n) is 9.90. The third kappa shape index (κ3) is 8.63. The van der Waals surface area contributed by atoms with Crippen molar-refractivity contribution in [2.24, 2.45) is 5.92 Å². The number of aromatic nitrogens is 2. The Morgan fingerprint density at radius 3 is 2.28 bits per heavy atom. The van der Waals surface area contributed by atoms with Gasteiger partial charge in [-0.05, 0) is 73.2 Å². The van der Waals surface area contributed by atoms with Crippen molar-refractivity contribution in [3.8, 4) is 56.5 Å². The third-order valence-corrected chi connectivity index (χ3v) is 9.90. The largest absolute Gasteiger partial charge is 0.497 e. The fourth-order valence-electron chi connectivity index (χ4n) is 6.60. The number of hydrogen-bond acceptors (Lipinski definition) is 10. The smallest absolute Gasteiger partial charge is 0.239 e. The maximum absolute atomic E-state index is 13.1. The zero-order chi connectivity index (χ0) is 37.3. The van der Waals surface area contributed by atoms with Crippen molar-refractivity contribution in [3.05, 3.63) is 66.9 Å². The molecule has 3 heterocycles. The van der Waals surface area contributed by atoms with Crippen LogP contribution in [0, 0.1) is 5.92 Å². The van der Waals surface area contributed by atoms with Crippen LogP contribution in [0.1, 0.15) is 52.4 Å². The molecule has 2 aromatic heterocycles. The molecule has 1 amide bonds. The Kier molecular flexibility index (Phi) is 12.3. The quantitative estimate of drug-likeness (QED) is 0.0877. The molecular weight excluding hydrogens is 684 g/mol. The number of amides is 1. The number of ether oxygens (including phenoxy) is 5. The van der Waals surface area contributed by atoms with Gasteiger partial charge in [-0.2, -0.15) is 0 Å². The van der Waals surface area contributed by atoms with Gasteiger partial charge in [0.15, 0.2) is 0 Å². The average molecular weight is 735 g/mol. The molecule has 0 spiro atoms. The maximum Gasteiger partial charge on any atom is 0.239 e. The van der Waals surface area contributed by atoms with E-state index in [1.54, 1.807) is 13.3 Å². The molecule has 5 aromatic rings. The molecule has 0 unspecified atom stereocenters. The molecule has 54 heavy (non-hydrogen) atoms. The number of methoxy groups -OCH3 is 1. The number of hydrogen-bond donors (Lipinski definition) is 1. The number of unbranched alkanes of at least 4 members (excludes halogenated alkanes) is 2. The van der Waals surface area contributed by atoms with Gasteiger partial charge in [-0.25, -0.2) is 0 Å². The second kappa shape index (κ2) is 17.8. The van der Waals surface area contributed by atoms with Crippen LogP contribution in [0.4, 0.5) is 5.88 Å². The summed E-state index contributed by atoms with van der Waals surface area (Å²) in [6, 6.07) is 19.8. The molecule has 11 heteroatoms. The number of carbonyl (C=O) groups is 1. The average Bonchev–Trinajstić information content (AvgIpc) is 3.99. The van der Waals surface area contributed by atoms with Crippen molar-refractivity contribution in [3.63, 3.8) is 0 Å². The van der Waals surface area contributed by atoms with Crippen LogP contribution >= 0.6 is 0 Å². The Morgan fingerprint density at radius 1 is 0.852 bits per heavy atom. The molecule has 2 aliphatic rings. The van der Waals surface area contributed by atoms with E-state index in [4.69, 9.17) is 33.2 Å². The van der Waals surface area contributed by atoms with E-state index >= 15 is 0 Å². The number of nitrogens with zero attached hydrogens (tertiary/aromatic N) is 3. The number of morpholine rings is 1. The summed E-state index contributed by atoms with van der Waals surface area (Å²) in [5.41, 5.74) is 5.30. The van der Waals surface area contributed by atoms with Gasteiger partial charge >= 0.3 is 0 Å². The van der Waals surface area contributed by atoms with Gasteiger partial charge in [-0.1, -0.05) is 50.0 Å². The topological polar surface area (TPSA) is 117 Å². The highest BCUT2D eigenvalue weighted by Crippen LogP contribution is 2.48. The minimum absolute atomic E-state index is 0.0189. The fourth-order valence-corrected chi connectivity index (χ4v) is 6.60. The number of pyridine rings is 1. The minimum atomic E-state index is -0.0709. The van der Waals surface area contributed by atoms with Gasteiger partial charge in [-0.3, -0.25) is 20.0 Å². The second-order valence-electron chi connectivity index (χ2n) is 13.8. The summed E-state index contributed by atoms with van der Waals surface area (Å²) < 4.78 is 36.4. The number of fused-ring (bicyclic) bond motifs is 1. The van der Waals surface area contributed by atoms with Crippen LogP contribution in [0.2, 0.25) is 0 Å². The number of rotatable bonds is 18. The summed E-state index contributed by atoms with van der Waals surface area (Å²) in [6.45, 7) is 10.0. The van der Waals surface area contributed by atoms with Crippen molar-refractivity contribution in [2.45, 2.75) is 52.4 Å². The normalized spacial score (nSPS) is 14.6. The molecule has 1 N–H and O–H groups in total. The SMILES string of the molecule is CCCCOc1cc(OCCCC)c(-c2ccc(OCCN3CCOCC3)c3ncccc23)cc1-c1noc(NC(=O)C2CC2)c1-c1ccc(OC)cc1. The Bertz CT molecular complexity index is 2020. The number of benzene rings is 3. The van der Waals surface area contributed by atoms with Gasteiger partial charge in [-0.15, -0.1) is 0 Å². The first-order valence-electron chi connectivity index (χ1n) is 19.3. The zero-order valence-electron chi connectivity index (χ0n) is 31.5. The van der Waals surface area contributed by atoms with Gasteiger partial charge in [0.1, 0.15) is 40.8 Å². The second-order valence-corrected chi connectivity index (χ2v) is 13.8. The highest BCUT2D eigenvalue weighted by atomic mass is 16.5. The maximum atomic E-state index is 13.1. The first kappa shape index (κ1) is 37.2. The lowest BCUT2D eigenvalue weighted by Crippen LogP contribution is -2.38. The number of carbonyl (C=O) groups excluding carboxylic acids is 1. The highest BCUT2D eigenvalue weighted by Gasteiger charge is 2.33. The molecule has 3 aromatic carbocycles. The molecular formula is C43H50N4O7. The zero-order valence-corrected chi connectivity index (χ0v) is 31.5. The predicted octanol–water partition coefficient (Wildman–Crippen LogP) is 8.65. The molecule has 0 atom stereocenters. The van der Waals surface area contributed by atoms with Gasteiger partial charge < -0.3 is 28.2 Å². The van der Waals surface area contributed by atoms with E-state index in [1.165, 1.54) is 0 Å². The van der Waals surface area contributed by atoms with Crippen LogP contribution in [0.15, 0.2) is 71.4 Å². The Labute approximate surface area is 316 Å². The molecule has 1 saturated carbocycles. The van der Waals surface area contributed by atoms with E-state index in [2.05, 4.69) is 47.4 Å². The van der Waals surface area contributed by atoms with Crippen LogP contribution in [0.25, 0.3) is 44.4 Å². The van der Waals surface area contributed by atoms with Gasteiger partial charge in [0.25, 0.3) is 0 Å². The lowest BCUT2D eigenvalue weighted by atomic mass is 9.93. The monoisotopic (exact) mass is 734 g/mol. The molecule has 1 saturated heterocycles. The Balaban J connectivity index is 1.35. The van der Waals surface area contributed by atoms with Crippen LogP contribution in [0.3, 0.4) is 0 Å². The molecule has 284 valence electrons. The molecule has 1 aliphatic carbocycles. The van der Waals surface area contributed by atoms with Crippen LogP contribution in [0.5, 0.6) is 23.0 Å². The molecule has 2 fully saturated rings. The van der Waals surface area contributed by atoms with Crippen LogP contribution in [-0.2, 0) is 9.53 Å². The van der Waals surface area contributed by atoms with E-state index in [0.717, 1.165) is 105 Å². The molecule has 11 nitrogen and oxygen atoms in total. The molecule has 7 rings (SSSR count). The van der Waals surface area contributed by atoms with E-state index in [0.29, 0.717) is 59.8 Å². The highest BCUT2D eigenvalue weighted by molar-refractivity contribution is 6.02. The van der Waals surface area contributed by atoms with E-state index in [-0.39, 0.29) is 11.8 Å². The van der Waals surface area contributed by atoms with Gasteiger partial charge in [0.05, 0.1) is 39.1 Å². The lowest BCUT2D eigenvalue weighted by Gasteiger charge is -2.26. The van der Waals surface area contributed by atoms with Crippen molar-refractivity contribution in [1.82, 2.24) is 15.0 Å². The lowest BCUT2D eigenvalue weighted by molar-refractivity contribution is -0.117. The molecule has 0 radical (unpaired) electrons. The summed E-state index contributed by atoms with van der Waals surface area (Å²) in [5.74, 6) is 2.96. The predicted molar refractivity (Wildman–Crippen MR) is 210 cm³/mol. The molecule has 1 aliphatic heterocycles. The van der Waals surface area contributed by atoms with Crippen molar-refractivity contribution in [2.75, 3.05) is 65.1 Å². The minimum Gasteiger partial charge on any atom is -0.497 e. The summed E-state index contributed by atoms with van der Waals surface area (Å²) in [5, 5.41) is 8.59. The Morgan fingerprint density at radius 2 is 1.57 bits per heavy atom. The van der Waals surface area contributed by atoms with E-state index < -0.39 is 0 Å². The first-order valence-corrected chi connectivity index (χ1v) is 19.3. The van der Waals surface area contributed by atoms with Gasteiger partial charge in [0.2, 0.25) is 11.8 Å². The standard InChI is InChI=1S/C43H50N4O7/c1-4-6-22-51-37-28-38(52-23-7-5-2)35(41-39(29-12-14-31(49-3)15-13-29)43(54-46-41)45-42(48)30-10-11-30)27-34(37)32-16-17-36(40-33(32)9-8-18-44-40)53-26-21-47-19-24-50-25-20-47/h8-9,12-18,27-28,30H,4-7,10-11,19-26H2,1-3H3,(H,45,48). The van der Waals surface area contributed by atoms with E-state index in [9.17, 15) is 4.79 Å². The Hall–Kier alpha value is -5.13. The van der Waals surface area contributed by atoms with Crippen molar-refractivity contribution >= 4 is 22.7 Å². The number of anilines is 1.